The van der Waals surface area contributed by atoms with Crippen molar-refractivity contribution < 1.29 is 0 Å². The Morgan fingerprint density at radius 2 is 1.81 bits per heavy atom. The molecule has 0 aliphatic carbocycles. The van der Waals surface area contributed by atoms with Gasteiger partial charge in [-0.25, -0.2) is 4.68 Å². The van der Waals surface area contributed by atoms with Crippen molar-refractivity contribution in [3.05, 3.63) is 87.5 Å². The van der Waals surface area contributed by atoms with Crippen molar-refractivity contribution in [1.82, 2.24) is 30.1 Å². The van der Waals surface area contributed by atoms with Crippen LogP contribution in [-0.2, 0) is 25.0 Å². The van der Waals surface area contributed by atoms with Gasteiger partial charge < -0.3 is 4.98 Å². The van der Waals surface area contributed by atoms with Crippen molar-refractivity contribution in [2.45, 2.75) is 52.7 Å². The Morgan fingerprint density at radius 1 is 1.03 bits per heavy atom. The first kappa shape index (κ1) is 21.9. The van der Waals surface area contributed by atoms with E-state index in [1.165, 1.54) is 11.1 Å². The summed E-state index contributed by atoms with van der Waals surface area (Å²) < 4.78 is 1.86. The highest BCUT2D eigenvalue weighted by Gasteiger charge is 2.22. The van der Waals surface area contributed by atoms with Crippen LogP contribution in [0, 0.1) is 6.92 Å². The van der Waals surface area contributed by atoms with Gasteiger partial charge in [0.1, 0.15) is 0 Å². The molecule has 4 aromatic rings. The summed E-state index contributed by atoms with van der Waals surface area (Å²) in [5.41, 5.74) is 3.75. The third-order valence-electron chi connectivity index (χ3n) is 5.56. The Hall–Kier alpha value is -3.32. The zero-order valence-electron chi connectivity index (χ0n) is 19.2. The van der Waals surface area contributed by atoms with Gasteiger partial charge in [0.25, 0.3) is 5.56 Å². The lowest BCUT2D eigenvalue weighted by molar-refractivity contribution is 0.234. The molecule has 32 heavy (non-hydrogen) atoms. The zero-order valence-corrected chi connectivity index (χ0v) is 19.2. The molecule has 2 heterocycles. The monoisotopic (exact) mass is 430 g/mol. The molecule has 0 atom stereocenters. The molecule has 0 aliphatic heterocycles. The lowest BCUT2D eigenvalue weighted by Gasteiger charge is -2.25. The lowest BCUT2D eigenvalue weighted by atomic mass is 10.1. The normalized spacial score (nSPS) is 12.0. The van der Waals surface area contributed by atoms with Crippen LogP contribution < -0.4 is 5.56 Å². The van der Waals surface area contributed by atoms with Crippen LogP contribution in [0.15, 0.2) is 59.4 Å². The largest absolute Gasteiger partial charge is 0.322 e. The fourth-order valence-electron chi connectivity index (χ4n) is 3.90. The van der Waals surface area contributed by atoms with Crippen molar-refractivity contribution in [3.8, 4) is 0 Å². The van der Waals surface area contributed by atoms with E-state index in [9.17, 15) is 4.79 Å². The van der Waals surface area contributed by atoms with E-state index >= 15 is 0 Å². The minimum atomic E-state index is -0.220. The Balaban J connectivity index is 1.63. The highest BCUT2D eigenvalue weighted by molar-refractivity contribution is 5.79. The number of rotatable bonds is 7. The van der Waals surface area contributed by atoms with Gasteiger partial charge in [0.05, 0.1) is 12.1 Å². The lowest BCUT2D eigenvalue weighted by Crippen LogP contribution is -2.32. The first-order valence-corrected chi connectivity index (χ1v) is 11.0. The van der Waals surface area contributed by atoms with Gasteiger partial charge in [0, 0.05) is 24.2 Å². The van der Waals surface area contributed by atoms with Gasteiger partial charge in [0.15, 0.2) is 5.82 Å². The summed E-state index contributed by atoms with van der Waals surface area (Å²) in [6.45, 7) is 10.2. The molecular formula is C25H30N6O. The van der Waals surface area contributed by atoms with Crippen LogP contribution in [0.25, 0.3) is 10.9 Å². The number of aryl methyl sites for hydroxylation is 1. The van der Waals surface area contributed by atoms with Crippen LogP contribution >= 0.6 is 0 Å². The number of hydrogen-bond donors (Lipinski definition) is 1. The second-order valence-electron chi connectivity index (χ2n) is 9.34. The molecular weight excluding hydrogens is 400 g/mol. The van der Waals surface area contributed by atoms with Gasteiger partial charge in [-0.15, -0.1) is 5.10 Å². The first-order valence-electron chi connectivity index (χ1n) is 11.0. The van der Waals surface area contributed by atoms with Crippen LogP contribution in [0.5, 0.6) is 0 Å². The predicted octanol–water partition coefficient (Wildman–Crippen LogP) is 3.82. The summed E-state index contributed by atoms with van der Waals surface area (Å²) in [6.07, 6.45) is 0.877. The molecule has 0 spiro atoms. The van der Waals surface area contributed by atoms with E-state index in [4.69, 9.17) is 0 Å². The van der Waals surface area contributed by atoms with E-state index in [1.807, 2.05) is 28.9 Å². The van der Waals surface area contributed by atoms with Crippen LogP contribution in [0.2, 0.25) is 0 Å². The van der Waals surface area contributed by atoms with Crippen LogP contribution in [-0.4, -0.2) is 36.6 Å². The molecule has 0 radical (unpaired) electrons. The van der Waals surface area contributed by atoms with Crippen LogP contribution in [0.4, 0.5) is 0 Å². The quantitative estimate of drug-likeness (QED) is 0.482. The molecule has 2 aromatic heterocycles. The van der Waals surface area contributed by atoms with Gasteiger partial charge in [-0.2, -0.15) is 0 Å². The fraction of sp³-hybridized carbons (Fsp3) is 0.360. The molecule has 0 fully saturated rings. The van der Waals surface area contributed by atoms with E-state index < -0.39 is 0 Å². The number of fused-ring (bicyclic) bond motifs is 1. The van der Waals surface area contributed by atoms with Crippen molar-refractivity contribution in [1.29, 1.82) is 0 Å². The average molecular weight is 431 g/mol. The molecule has 0 saturated heterocycles. The van der Waals surface area contributed by atoms with Gasteiger partial charge in [-0.05, 0) is 73.7 Å². The summed E-state index contributed by atoms with van der Waals surface area (Å²) in [5, 5.41) is 13.4. The average Bonchev–Trinajstić information content (AvgIpc) is 3.22. The third-order valence-corrected chi connectivity index (χ3v) is 5.56. The molecule has 2 aromatic carbocycles. The second kappa shape index (κ2) is 9.04. The molecule has 0 bridgehead atoms. The molecule has 1 N–H and O–H groups in total. The van der Waals surface area contributed by atoms with E-state index in [1.54, 1.807) is 0 Å². The molecule has 0 aliphatic rings. The van der Waals surface area contributed by atoms with Crippen molar-refractivity contribution in [2.24, 2.45) is 0 Å². The van der Waals surface area contributed by atoms with E-state index in [2.05, 4.69) is 83.4 Å². The summed E-state index contributed by atoms with van der Waals surface area (Å²) in [4.78, 5) is 18.1. The Labute approximate surface area is 188 Å². The smallest absolute Gasteiger partial charge is 0.252 e. The van der Waals surface area contributed by atoms with E-state index in [0.29, 0.717) is 13.1 Å². The maximum Gasteiger partial charge on any atom is 0.252 e. The highest BCUT2D eigenvalue weighted by atomic mass is 16.1. The number of tetrazole rings is 1. The maximum atomic E-state index is 12.8. The van der Waals surface area contributed by atoms with Gasteiger partial charge in [0.2, 0.25) is 0 Å². The first-order chi connectivity index (χ1) is 15.3. The number of benzene rings is 2. The molecule has 166 valence electrons. The summed E-state index contributed by atoms with van der Waals surface area (Å²) in [7, 11) is 0. The Bertz CT molecular complexity index is 1250. The number of aromatic nitrogens is 5. The highest BCUT2D eigenvalue weighted by Crippen LogP contribution is 2.18. The van der Waals surface area contributed by atoms with Crippen LogP contribution in [0.3, 0.4) is 0 Å². The number of nitrogens with zero attached hydrogens (tertiary/aromatic N) is 5. The van der Waals surface area contributed by atoms with Gasteiger partial charge >= 0.3 is 0 Å². The van der Waals surface area contributed by atoms with E-state index in [0.717, 1.165) is 35.3 Å². The van der Waals surface area contributed by atoms with Gasteiger partial charge in [-0.1, -0.05) is 42.0 Å². The SMILES string of the molecule is Cc1ccc2[nH]c(=O)c(CN(CCc3ccccc3)Cc3nnnn3C(C)(C)C)cc2c1. The minimum Gasteiger partial charge on any atom is -0.322 e. The van der Waals surface area contributed by atoms with Crippen molar-refractivity contribution in [3.63, 3.8) is 0 Å². The van der Waals surface area contributed by atoms with Crippen molar-refractivity contribution >= 4 is 10.9 Å². The molecule has 0 saturated carbocycles. The number of nitrogens with one attached hydrogen (secondary N) is 1. The van der Waals surface area contributed by atoms with Gasteiger partial charge in [-0.3, -0.25) is 9.69 Å². The number of hydrogen-bond acceptors (Lipinski definition) is 5. The zero-order chi connectivity index (χ0) is 22.7. The number of aromatic amines is 1. The number of pyridine rings is 1. The fourth-order valence-corrected chi connectivity index (χ4v) is 3.90. The van der Waals surface area contributed by atoms with Crippen LogP contribution in [0.1, 0.15) is 43.3 Å². The predicted molar refractivity (Wildman–Crippen MR) is 126 cm³/mol. The summed E-state index contributed by atoms with van der Waals surface area (Å²) in [6, 6.07) is 18.5. The minimum absolute atomic E-state index is 0.0542. The molecule has 0 amide bonds. The standard InChI is InChI=1S/C25H30N6O/c1-18-10-11-22-20(14-18)15-21(24(32)26-22)16-30(13-12-19-8-6-5-7-9-19)17-23-27-28-29-31(23)25(2,3)4/h5-11,14-15H,12-13,16-17H2,1-4H3,(H,26,32). The van der Waals surface area contributed by atoms with E-state index in [-0.39, 0.29) is 11.1 Å². The maximum absolute atomic E-state index is 12.8. The molecule has 7 nitrogen and oxygen atoms in total. The Morgan fingerprint density at radius 3 is 2.56 bits per heavy atom. The molecule has 7 heteroatoms. The second-order valence-corrected chi connectivity index (χ2v) is 9.34. The molecule has 4 rings (SSSR count). The van der Waals surface area contributed by atoms with Crippen molar-refractivity contribution in [2.75, 3.05) is 6.54 Å². The summed E-state index contributed by atoms with van der Waals surface area (Å²) in [5.74, 6) is 0.790. The summed E-state index contributed by atoms with van der Waals surface area (Å²) >= 11 is 0. The number of H-pyrrole nitrogens is 1. The Kier molecular flexibility index (Phi) is 6.19. The molecule has 0 unspecified atom stereocenters. The third kappa shape index (κ3) is 5.11. The topological polar surface area (TPSA) is 79.7 Å².